The fourth-order valence-electron chi connectivity index (χ4n) is 2.03. The van der Waals surface area contributed by atoms with Crippen molar-refractivity contribution in [1.82, 2.24) is 10.3 Å². The van der Waals surface area contributed by atoms with E-state index in [9.17, 15) is 0 Å². The molecule has 2 heteroatoms. The number of rotatable bonds is 5. The van der Waals surface area contributed by atoms with Crippen molar-refractivity contribution in [2.45, 2.75) is 26.2 Å². The lowest BCUT2D eigenvalue weighted by atomic mass is 10.1. The summed E-state index contributed by atoms with van der Waals surface area (Å²) in [5, 5.41) is 3.53. The van der Waals surface area contributed by atoms with E-state index in [1.807, 2.05) is 18.5 Å². The van der Waals surface area contributed by atoms with Gasteiger partial charge in [0.15, 0.2) is 0 Å². The van der Waals surface area contributed by atoms with E-state index in [1.54, 1.807) is 0 Å². The topological polar surface area (TPSA) is 24.9 Å². The van der Waals surface area contributed by atoms with Crippen LogP contribution in [-0.2, 0) is 0 Å². The van der Waals surface area contributed by atoms with Gasteiger partial charge in [-0.25, -0.2) is 0 Å². The molecule has 1 aliphatic carbocycles. The van der Waals surface area contributed by atoms with Gasteiger partial charge in [0, 0.05) is 12.4 Å². The number of nitrogens with zero attached hydrogens (tertiary/aromatic N) is 1. The van der Waals surface area contributed by atoms with Crippen LogP contribution in [0.5, 0.6) is 0 Å². The van der Waals surface area contributed by atoms with Crippen LogP contribution in [0.25, 0.3) is 0 Å². The SMILES string of the molecule is CC(C)CNCC1CC1c1cccnc1. The Bertz CT molecular complexity index is 295. The molecule has 15 heavy (non-hydrogen) atoms. The lowest BCUT2D eigenvalue weighted by Gasteiger charge is -2.06. The van der Waals surface area contributed by atoms with Gasteiger partial charge in [-0.3, -0.25) is 4.98 Å². The molecule has 0 amide bonds. The molecule has 1 N–H and O–H groups in total. The van der Waals surface area contributed by atoms with Gasteiger partial charge >= 0.3 is 0 Å². The van der Waals surface area contributed by atoms with Crippen molar-refractivity contribution < 1.29 is 0 Å². The molecule has 82 valence electrons. The minimum atomic E-state index is 0.751. The predicted molar refractivity (Wildman–Crippen MR) is 62.8 cm³/mol. The van der Waals surface area contributed by atoms with Gasteiger partial charge in [-0.1, -0.05) is 19.9 Å². The summed E-state index contributed by atoms with van der Waals surface area (Å²) < 4.78 is 0. The van der Waals surface area contributed by atoms with E-state index in [-0.39, 0.29) is 0 Å². The van der Waals surface area contributed by atoms with E-state index in [0.717, 1.165) is 30.8 Å². The van der Waals surface area contributed by atoms with Crippen molar-refractivity contribution in [3.63, 3.8) is 0 Å². The zero-order valence-electron chi connectivity index (χ0n) is 9.61. The summed E-state index contributed by atoms with van der Waals surface area (Å²) in [5.41, 5.74) is 1.41. The van der Waals surface area contributed by atoms with Gasteiger partial charge in [0.05, 0.1) is 0 Å². The van der Waals surface area contributed by atoms with E-state index < -0.39 is 0 Å². The first-order chi connectivity index (χ1) is 7.27. The molecule has 2 rings (SSSR count). The average molecular weight is 204 g/mol. The molecule has 1 aromatic heterocycles. The highest BCUT2D eigenvalue weighted by molar-refractivity contribution is 5.22. The fraction of sp³-hybridized carbons (Fsp3) is 0.615. The van der Waals surface area contributed by atoms with Crippen LogP contribution in [0, 0.1) is 11.8 Å². The van der Waals surface area contributed by atoms with Crippen molar-refractivity contribution in [2.75, 3.05) is 13.1 Å². The van der Waals surface area contributed by atoms with Crippen LogP contribution < -0.4 is 5.32 Å². The van der Waals surface area contributed by atoms with Crippen LogP contribution >= 0.6 is 0 Å². The molecule has 2 atom stereocenters. The van der Waals surface area contributed by atoms with Gasteiger partial charge in [0.25, 0.3) is 0 Å². The molecular weight excluding hydrogens is 184 g/mol. The van der Waals surface area contributed by atoms with Gasteiger partial charge in [0.2, 0.25) is 0 Å². The quantitative estimate of drug-likeness (QED) is 0.796. The number of aromatic nitrogens is 1. The first-order valence-corrected chi connectivity index (χ1v) is 5.88. The van der Waals surface area contributed by atoms with Gasteiger partial charge < -0.3 is 5.32 Å². The zero-order valence-corrected chi connectivity index (χ0v) is 9.61. The van der Waals surface area contributed by atoms with Crippen molar-refractivity contribution in [1.29, 1.82) is 0 Å². The van der Waals surface area contributed by atoms with Crippen LogP contribution in [0.15, 0.2) is 24.5 Å². The average Bonchev–Trinajstić information content (AvgIpc) is 2.98. The summed E-state index contributed by atoms with van der Waals surface area (Å²) in [5.74, 6) is 2.35. The molecule has 0 radical (unpaired) electrons. The highest BCUT2D eigenvalue weighted by atomic mass is 14.9. The van der Waals surface area contributed by atoms with Gasteiger partial charge in [-0.15, -0.1) is 0 Å². The first kappa shape index (κ1) is 10.6. The van der Waals surface area contributed by atoms with E-state index >= 15 is 0 Å². The molecule has 1 saturated carbocycles. The van der Waals surface area contributed by atoms with Crippen molar-refractivity contribution in [2.24, 2.45) is 11.8 Å². The molecule has 1 heterocycles. The second kappa shape index (κ2) is 4.75. The first-order valence-electron chi connectivity index (χ1n) is 5.88. The largest absolute Gasteiger partial charge is 0.316 e. The fourth-order valence-corrected chi connectivity index (χ4v) is 2.03. The van der Waals surface area contributed by atoms with E-state index in [1.165, 1.54) is 12.0 Å². The van der Waals surface area contributed by atoms with Crippen molar-refractivity contribution >= 4 is 0 Å². The third-order valence-electron chi connectivity index (χ3n) is 2.99. The molecule has 1 fully saturated rings. The highest BCUT2D eigenvalue weighted by Gasteiger charge is 2.37. The van der Waals surface area contributed by atoms with Crippen molar-refractivity contribution in [3.05, 3.63) is 30.1 Å². The molecule has 0 bridgehead atoms. The van der Waals surface area contributed by atoms with E-state index in [4.69, 9.17) is 0 Å². The lowest BCUT2D eigenvalue weighted by Crippen LogP contribution is -2.22. The maximum absolute atomic E-state index is 4.17. The Kier molecular flexibility index (Phi) is 3.37. The summed E-state index contributed by atoms with van der Waals surface area (Å²) in [6.07, 6.45) is 5.18. The zero-order chi connectivity index (χ0) is 10.7. The Labute approximate surface area is 92.1 Å². The van der Waals surface area contributed by atoms with Gasteiger partial charge in [-0.2, -0.15) is 0 Å². The second-order valence-electron chi connectivity index (χ2n) is 4.94. The molecule has 0 spiro atoms. The second-order valence-corrected chi connectivity index (χ2v) is 4.94. The number of hydrogen-bond acceptors (Lipinski definition) is 2. The monoisotopic (exact) mass is 204 g/mol. The summed E-state index contributed by atoms with van der Waals surface area (Å²) >= 11 is 0. The molecule has 2 unspecified atom stereocenters. The Morgan fingerprint density at radius 2 is 2.40 bits per heavy atom. The molecule has 0 aliphatic heterocycles. The Balaban J connectivity index is 1.72. The molecule has 1 aromatic rings. The summed E-state index contributed by atoms with van der Waals surface area (Å²) in [6, 6.07) is 4.23. The Hall–Kier alpha value is -0.890. The lowest BCUT2D eigenvalue weighted by molar-refractivity contribution is 0.532. The Morgan fingerprint density at radius 3 is 3.07 bits per heavy atom. The van der Waals surface area contributed by atoms with Crippen LogP contribution in [-0.4, -0.2) is 18.1 Å². The summed E-state index contributed by atoms with van der Waals surface area (Å²) in [6.45, 7) is 6.80. The summed E-state index contributed by atoms with van der Waals surface area (Å²) in [4.78, 5) is 4.17. The standard InChI is InChI=1S/C13H20N2/c1-10(2)7-15-9-12-6-13(12)11-4-3-5-14-8-11/h3-5,8,10,12-13,15H,6-7,9H2,1-2H3. The molecule has 0 saturated heterocycles. The smallest absolute Gasteiger partial charge is 0.0302 e. The summed E-state index contributed by atoms with van der Waals surface area (Å²) in [7, 11) is 0. The van der Waals surface area contributed by atoms with Crippen molar-refractivity contribution in [3.8, 4) is 0 Å². The third-order valence-corrected chi connectivity index (χ3v) is 2.99. The number of nitrogens with one attached hydrogen (secondary N) is 1. The molecular formula is C13H20N2. The van der Waals surface area contributed by atoms with Gasteiger partial charge in [0.1, 0.15) is 0 Å². The molecule has 0 aromatic carbocycles. The highest BCUT2D eigenvalue weighted by Crippen LogP contribution is 2.46. The van der Waals surface area contributed by atoms with E-state index in [2.05, 4.69) is 30.2 Å². The predicted octanol–water partition coefficient (Wildman–Crippen LogP) is 2.43. The maximum Gasteiger partial charge on any atom is 0.0302 e. The minimum Gasteiger partial charge on any atom is -0.316 e. The number of pyridine rings is 1. The van der Waals surface area contributed by atoms with Crippen LogP contribution in [0.4, 0.5) is 0 Å². The van der Waals surface area contributed by atoms with E-state index in [0.29, 0.717) is 0 Å². The third kappa shape index (κ3) is 3.03. The molecule has 1 aliphatic rings. The molecule has 2 nitrogen and oxygen atoms in total. The normalized spacial score (nSPS) is 24.5. The van der Waals surface area contributed by atoms with Crippen LogP contribution in [0.1, 0.15) is 31.7 Å². The van der Waals surface area contributed by atoms with Crippen LogP contribution in [0.2, 0.25) is 0 Å². The Morgan fingerprint density at radius 1 is 1.53 bits per heavy atom. The minimum absolute atomic E-state index is 0.751. The number of hydrogen-bond donors (Lipinski definition) is 1. The maximum atomic E-state index is 4.17. The van der Waals surface area contributed by atoms with Crippen LogP contribution in [0.3, 0.4) is 0 Å². The van der Waals surface area contributed by atoms with Gasteiger partial charge in [-0.05, 0) is 48.9 Å².